The lowest BCUT2D eigenvalue weighted by molar-refractivity contribution is 0.137. The first-order valence-electron chi connectivity index (χ1n) is 8.36. The van der Waals surface area contributed by atoms with Crippen molar-refractivity contribution in [3.05, 3.63) is 54.1 Å². The Hall–Kier alpha value is -1.80. The highest BCUT2D eigenvalue weighted by molar-refractivity contribution is 5.65. The van der Waals surface area contributed by atoms with Crippen molar-refractivity contribution in [2.45, 2.75) is 50.8 Å². The van der Waals surface area contributed by atoms with Crippen molar-refractivity contribution >= 4 is 0 Å². The number of piperidine rings is 1. The maximum atomic E-state index is 6.29. The molecule has 0 radical (unpaired) electrons. The molecule has 22 heavy (non-hydrogen) atoms. The molecule has 2 aromatic rings. The minimum Gasteiger partial charge on any atom is -0.490 e. The number of aryl methyl sites for hydroxylation is 1. The third kappa shape index (κ3) is 2.89. The van der Waals surface area contributed by atoms with Crippen LogP contribution in [-0.2, 0) is 0 Å². The number of nitrogens with one attached hydrogen (secondary N) is 1. The molecule has 4 rings (SSSR count). The average molecular weight is 293 g/mol. The lowest BCUT2D eigenvalue weighted by Gasteiger charge is -2.29. The molecule has 0 aromatic heterocycles. The summed E-state index contributed by atoms with van der Waals surface area (Å²) in [5, 5.41) is 3.67. The standard InChI is InChI=1S/C20H23NO/c1-14-4-2-5-15(10-14)16-6-3-7-19(11-16)22-20-12-17-8-9-18(13-20)21-17/h2-7,10-11,17-18,20-21H,8-9,12-13H2,1H3/t17-,18+,20-. The molecule has 2 saturated heterocycles. The quantitative estimate of drug-likeness (QED) is 0.909. The van der Waals surface area contributed by atoms with Crippen LogP contribution < -0.4 is 10.1 Å². The van der Waals surface area contributed by atoms with E-state index < -0.39 is 0 Å². The molecule has 2 nitrogen and oxygen atoms in total. The second kappa shape index (κ2) is 5.77. The van der Waals surface area contributed by atoms with Gasteiger partial charge in [-0.1, -0.05) is 42.0 Å². The summed E-state index contributed by atoms with van der Waals surface area (Å²) in [4.78, 5) is 0. The van der Waals surface area contributed by atoms with Crippen LogP contribution in [0.4, 0.5) is 0 Å². The van der Waals surface area contributed by atoms with E-state index in [0.29, 0.717) is 18.2 Å². The second-order valence-corrected chi connectivity index (χ2v) is 6.75. The van der Waals surface area contributed by atoms with Gasteiger partial charge in [-0.3, -0.25) is 0 Å². The maximum absolute atomic E-state index is 6.29. The van der Waals surface area contributed by atoms with E-state index in [1.807, 2.05) is 0 Å². The number of rotatable bonds is 3. The van der Waals surface area contributed by atoms with Crippen LogP contribution in [0.15, 0.2) is 48.5 Å². The van der Waals surface area contributed by atoms with Crippen LogP contribution >= 0.6 is 0 Å². The van der Waals surface area contributed by atoms with Gasteiger partial charge in [-0.2, -0.15) is 0 Å². The first-order valence-corrected chi connectivity index (χ1v) is 8.36. The van der Waals surface area contributed by atoms with Gasteiger partial charge < -0.3 is 10.1 Å². The highest BCUT2D eigenvalue weighted by atomic mass is 16.5. The Kier molecular flexibility index (Phi) is 3.63. The zero-order valence-corrected chi connectivity index (χ0v) is 13.1. The molecule has 0 aliphatic carbocycles. The van der Waals surface area contributed by atoms with Crippen molar-refractivity contribution in [2.75, 3.05) is 0 Å². The number of hydrogen-bond acceptors (Lipinski definition) is 2. The number of fused-ring (bicyclic) bond motifs is 2. The Morgan fingerprint density at radius 3 is 2.32 bits per heavy atom. The van der Waals surface area contributed by atoms with Crippen LogP contribution in [-0.4, -0.2) is 18.2 Å². The number of benzene rings is 2. The third-order valence-electron chi connectivity index (χ3n) is 4.92. The molecule has 2 heteroatoms. The van der Waals surface area contributed by atoms with Gasteiger partial charge in [-0.25, -0.2) is 0 Å². The van der Waals surface area contributed by atoms with E-state index in [1.165, 1.54) is 29.5 Å². The fourth-order valence-corrected chi connectivity index (χ4v) is 3.87. The molecule has 2 fully saturated rings. The summed E-state index contributed by atoms with van der Waals surface area (Å²) in [6.45, 7) is 2.13. The molecule has 3 atom stereocenters. The summed E-state index contributed by atoms with van der Waals surface area (Å²) in [6, 6.07) is 18.5. The first-order chi connectivity index (χ1) is 10.8. The lowest BCUT2D eigenvalue weighted by Crippen LogP contribution is -2.42. The monoisotopic (exact) mass is 293 g/mol. The number of hydrogen-bond donors (Lipinski definition) is 1. The van der Waals surface area contributed by atoms with Crippen LogP contribution in [0.3, 0.4) is 0 Å². The second-order valence-electron chi connectivity index (χ2n) is 6.75. The van der Waals surface area contributed by atoms with Gasteiger partial charge in [-0.15, -0.1) is 0 Å². The molecule has 0 saturated carbocycles. The maximum Gasteiger partial charge on any atom is 0.120 e. The minimum atomic E-state index is 0.367. The lowest BCUT2D eigenvalue weighted by atomic mass is 10.0. The summed E-state index contributed by atoms with van der Waals surface area (Å²) in [5.41, 5.74) is 3.78. The summed E-state index contributed by atoms with van der Waals surface area (Å²) in [5.74, 6) is 1.00. The van der Waals surface area contributed by atoms with Crippen molar-refractivity contribution in [3.63, 3.8) is 0 Å². The minimum absolute atomic E-state index is 0.367. The third-order valence-corrected chi connectivity index (χ3v) is 4.92. The van der Waals surface area contributed by atoms with Crippen LogP contribution in [0.5, 0.6) is 5.75 Å². The zero-order chi connectivity index (χ0) is 14.9. The van der Waals surface area contributed by atoms with E-state index in [4.69, 9.17) is 4.74 Å². The van der Waals surface area contributed by atoms with E-state index in [9.17, 15) is 0 Å². The van der Waals surface area contributed by atoms with Gasteiger partial charge in [0.15, 0.2) is 0 Å². The fourth-order valence-electron chi connectivity index (χ4n) is 3.87. The van der Waals surface area contributed by atoms with Crippen LogP contribution in [0.1, 0.15) is 31.2 Å². The molecule has 0 amide bonds. The van der Waals surface area contributed by atoms with E-state index in [0.717, 1.165) is 18.6 Å². The van der Waals surface area contributed by atoms with Gasteiger partial charge >= 0.3 is 0 Å². The Bertz CT molecular complexity index is 654. The number of ether oxygens (including phenoxy) is 1. The molecule has 1 N–H and O–H groups in total. The zero-order valence-electron chi connectivity index (χ0n) is 13.1. The predicted molar refractivity (Wildman–Crippen MR) is 90.2 cm³/mol. The van der Waals surface area contributed by atoms with E-state index in [1.54, 1.807) is 0 Å². The summed E-state index contributed by atoms with van der Waals surface area (Å²) in [7, 11) is 0. The topological polar surface area (TPSA) is 21.3 Å². The van der Waals surface area contributed by atoms with Gasteiger partial charge in [0.2, 0.25) is 0 Å². The van der Waals surface area contributed by atoms with E-state index >= 15 is 0 Å². The predicted octanol–water partition coefficient (Wildman–Crippen LogP) is 4.32. The Morgan fingerprint density at radius 1 is 0.909 bits per heavy atom. The molecule has 114 valence electrons. The molecular formula is C20H23NO. The summed E-state index contributed by atoms with van der Waals surface area (Å²) < 4.78 is 6.29. The highest BCUT2D eigenvalue weighted by Crippen LogP contribution is 2.31. The average Bonchev–Trinajstić information content (AvgIpc) is 2.86. The van der Waals surface area contributed by atoms with Crippen LogP contribution in [0, 0.1) is 6.92 Å². The van der Waals surface area contributed by atoms with E-state index in [2.05, 4.69) is 60.8 Å². The molecular weight excluding hydrogens is 270 g/mol. The van der Waals surface area contributed by atoms with Crippen LogP contribution in [0.2, 0.25) is 0 Å². The summed E-state index contributed by atoms with van der Waals surface area (Å²) >= 11 is 0. The SMILES string of the molecule is Cc1cccc(-c2cccc(O[C@@H]3C[C@H]4CC[C@@H](C3)N4)c2)c1. The Labute approximate surface area is 132 Å². The van der Waals surface area contributed by atoms with Crippen molar-refractivity contribution < 1.29 is 4.74 Å². The molecule has 2 aliphatic heterocycles. The molecule has 0 spiro atoms. The molecule has 2 bridgehead atoms. The fraction of sp³-hybridized carbons (Fsp3) is 0.400. The molecule has 2 aliphatic rings. The summed E-state index contributed by atoms with van der Waals surface area (Å²) in [6.07, 6.45) is 5.28. The van der Waals surface area contributed by atoms with Gasteiger partial charge in [0, 0.05) is 12.1 Å². The van der Waals surface area contributed by atoms with E-state index in [-0.39, 0.29) is 0 Å². The highest BCUT2D eigenvalue weighted by Gasteiger charge is 2.34. The Morgan fingerprint density at radius 2 is 1.59 bits per heavy atom. The van der Waals surface area contributed by atoms with Gasteiger partial charge in [0.25, 0.3) is 0 Å². The molecule has 2 heterocycles. The van der Waals surface area contributed by atoms with Crippen molar-refractivity contribution in [1.82, 2.24) is 5.32 Å². The van der Waals surface area contributed by atoms with Crippen molar-refractivity contribution in [3.8, 4) is 16.9 Å². The first kappa shape index (κ1) is 13.8. The normalized spacial score (nSPS) is 26.9. The van der Waals surface area contributed by atoms with Crippen molar-refractivity contribution in [1.29, 1.82) is 0 Å². The molecule has 2 aromatic carbocycles. The Balaban J connectivity index is 1.52. The van der Waals surface area contributed by atoms with Gasteiger partial charge in [0.1, 0.15) is 11.9 Å². The smallest absolute Gasteiger partial charge is 0.120 e. The molecule has 0 unspecified atom stereocenters. The van der Waals surface area contributed by atoms with Gasteiger partial charge in [-0.05, 0) is 55.9 Å². The van der Waals surface area contributed by atoms with Crippen molar-refractivity contribution in [2.24, 2.45) is 0 Å². The van der Waals surface area contributed by atoms with Gasteiger partial charge in [0.05, 0.1) is 0 Å². The van der Waals surface area contributed by atoms with Crippen LogP contribution in [0.25, 0.3) is 11.1 Å². The largest absolute Gasteiger partial charge is 0.490 e.